The lowest BCUT2D eigenvalue weighted by molar-refractivity contribution is -0.137. The van der Waals surface area contributed by atoms with Gasteiger partial charge in [-0.15, -0.1) is 0 Å². The highest BCUT2D eigenvalue weighted by molar-refractivity contribution is 7.92. The summed E-state index contributed by atoms with van der Waals surface area (Å²) in [4.78, 5) is 0.0353. The number of alkyl halides is 3. The van der Waals surface area contributed by atoms with Crippen LogP contribution in [0, 0.1) is 0 Å². The number of hydrogen-bond donors (Lipinski definition) is 1. The number of benzene rings is 3. The van der Waals surface area contributed by atoms with Gasteiger partial charge in [-0.1, -0.05) is 48.0 Å². The molecule has 0 aliphatic carbocycles. The zero-order valence-corrected chi connectivity index (χ0v) is 15.2. The van der Waals surface area contributed by atoms with Crippen LogP contribution in [0.3, 0.4) is 0 Å². The van der Waals surface area contributed by atoms with Gasteiger partial charge in [-0.05, 0) is 47.5 Å². The van der Waals surface area contributed by atoms with Crippen molar-refractivity contribution in [3.8, 4) is 11.1 Å². The van der Waals surface area contributed by atoms with Gasteiger partial charge >= 0.3 is 6.18 Å². The monoisotopic (exact) mass is 411 g/mol. The van der Waals surface area contributed by atoms with Gasteiger partial charge < -0.3 is 0 Å². The van der Waals surface area contributed by atoms with E-state index in [9.17, 15) is 21.6 Å². The van der Waals surface area contributed by atoms with Crippen molar-refractivity contribution in [2.24, 2.45) is 0 Å². The minimum Gasteiger partial charge on any atom is -0.280 e. The molecule has 3 aromatic rings. The molecule has 0 amide bonds. The minimum atomic E-state index is -4.53. The van der Waals surface area contributed by atoms with Crippen molar-refractivity contribution in [1.29, 1.82) is 0 Å². The SMILES string of the molecule is O=S(=O)(Nc1ccccc1)c1ccc(-c2ccc(C(F)(F)F)c(Cl)c2)cc1. The summed E-state index contributed by atoms with van der Waals surface area (Å²) in [5, 5.41) is -0.414. The van der Waals surface area contributed by atoms with Gasteiger partial charge in [-0.2, -0.15) is 13.2 Å². The molecule has 0 unspecified atom stereocenters. The first-order valence-electron chi connectivity index (χ1n) is 7.72. The lowest BCUT2D eigenvalue weighted by Crippen LogP contribution is -2.12. The Kier molecular flexibility index (Phi) is 5.17. The first-order valence-corrected chi connectivity index (χ1v) is 9.58. The van der Waals surface area contributed by atoms with Crippen LogP contribution < -0.4 is 4.72 Å². The molecule has 0 saturated heterocycles. The number of hydrogen-bond acceptors (Lipinski definition) is 2. The molecule has 27 heavy (non-hydrogen) atoms. The van der Waals surface area contributed by atoms with Crippen LogP contribution in [0.25, 0.3) is 11.1 Å². The molecule has 0 radical (unpaired) electrons. The van der Waals surface area contributed by atoms with Gasteiger partial charge in [-0.25, -0.2) is 8.42 Å². The average molecular weight is 412 g/mol. The van der Waals surface area contributed by atoms with Crippen LogP contribution in [-0.4, -0.2) is 8.42 Å². The summed E-state index contributed by atoms with van der Waals surface area (Å²) in [7, 11) is -3.77. The predicted octanol–water partition coefficient (Wildman–Crippen LogP) is 5.83. The normalized spacial score (nSPS) is 12.0. The summed E-state index contributed by atoms with van der Waals surface area (Å²) < 4.78 is 65.6. The molecule has 140 valence electrons. The van der Waals surface area contributed by atoms with E-state index >= 15 is 0 Å². The second kappa shape index (κ2) is 7.25. The van der Waals surface area contributed by atoms with Crippen molar-refractivity contribution < 1.29 is 21.6 Å². The van der Waals surface area contributed by atoms with Crippen LogP contribution >= 0.6 is 11.6 Å². The van der Waals surface area contributed by atoms with E-state index in [1.165, 1.54) is 36.4 Å². The molecule has 0 spiro atoms. The maximum Gasteiger partial charge on any atom is 0.417 e. The highest BCUT2D eigenvalue weighted by atomic mass is 35.5. The molecule has 3 nitrogen and oxygen atoms in total. The number of nitrogens with one attached hydrogen (secondary N) is 1. The summed E-state index contributed by atoms with van der Waals surface area (Å²) in [5.41, 5.74) is 0.507. The molecule has 0 saturated carbocycles. The first kappa shape index (κ1) is 19.3. The molecule has 1 N–H and O–H groups in total. The van der Waals surface area contributed by atoms with Gasteiger partial charge in [0.25, 0.3) is 10.0 Å². The Morgan fingerprint density at radius 3 is 1.96 bits per heavy atom. The number of rotatable bonds is 4. The molecule has 0 aliphatic rings. The van der Waals surface area contributed by atoms with Crippen molar-refractivity contribution in [2.75, 3.05) is 4.72 Å². The molecular weight excluding hydrogens is 399 g/mol. The molecule has 3 rings (SSSR count). The van der Waals surface area contributed by atoms with E-state index in [2.05, 4.69) is 4.72 Å². The second-order valence-corrected chi connectivity index (χ2v) is 7.78. The van der Waals surface area contributed by atoms with Gasteiger partial charge in [0.05, 0.1) is 15.5 Å². The highest BCUT2D eigenvalue weighted by Crippen LogP contribution is 2.36. The summed E-state index contributed by atoms with van der Waals surface area (Å²) in [6.07, 6.45) is -4.53. The van der Waals surface area contributed by atoms with Gasteiger partial charge in [0.15, 0.2) is 0 Å². The Labute approximate surface area is 159 Å². The summed E-state index contributed by atoms with van der Waals surface area (Å²) in [5.74, 6) is 0. The van der Waals surface area contributed by atoms with E-state index in [0.717, 1.165) is 6.07 Å². The maximum absolute atomic E-state index is 12.8. The zero-order chi connectivity index (χ0) is 19.7. The summed E-state index contributed by atoms with van der Waals surface area (Å²) in [6.45, 7) is 0. The Bertz CT molecular complexity index is 1050. The minimum absolute atomic E-state index is 0.0353. The quantitative estimate of drug-likeness (QED) is 0.587. The van der Waals surface area contributed by atoms with Crippen molar-refractivity contribution in [3.63, 3.8) is 0 Å². The summed E-state index contributed by atoms with van der Waals surface area (Å²) in [6, 6.07) is 17.6. The van der Waals surface area contributed by atoms with Crippen LogP contribution in [0.15, 0.2) is 77.7 Å². The zero-order valence-electron chi connectivity index (χ0n) is 13.7. The van der Waals surface area contributed by atoms with Crippen molar-refractivity contribution in [2.45, 2.75) is 11.1 Å². The fraction of sp³-hybridized carbons (Fsp3) is 0.0526. The van der Waals surface area contributed by atoms with Gasteiger partial charge in [-0.3, -0.25) is 4.72 Å². The smallest absolute Gasteiger partial charge is 0.280 e. The van der Waals surface area contributed by atoms with E-state index in [0.29, 0.717) is 16.8 Å². The third kappa shape index (κ3) is 4.43. The topological polar surface area (TPSA) is 46.2 Å². The van der Waals surface area contributed by atoms with Crippen LogP contribution in [0.2, 0.25) is 5.02 Å². The number of halogens is 4. The van der Waals surface area contributed by atoms with Crippen molar-refractivity contribution in [3.05, 3.63) is 83.4 Å². The first-order chi connectivity index (χ1) is 12.7. The Morgan fingerprint density at radius 2 is 1.41 bits per heavy atom. The lowest BCUT2D eigenvalue weighted by Gasteiger charge is -2.11. The molecular formula is C19H13ClF3NO2S. The molecule has 0 aromatic heterocycles. The third-order valence-electron chi connectivity index (χ3n) is 3.80. The maximum atomic E-state index is 12.8. The van der Waals surface area contributed by atoms with E-state index in [4.69, 9.17) is 11.6 Å². The van der Waals surface area contributed by atoms with E-state index in [-0.39, 0.29) is 4.90 Å². The van der Waals surface area contributed by atoms with Crippen LogP contribution in [0.4, 0.5) is 18.9 Å². The van der Waals surface area contributed by atoms with E-state index in [1.54, 1.807) is 30.3 Å². The Morgan fingerprint density at radius 1 is 0.815 bits per heavy atom. The largest absolute Gasteiger partial charge is 0.417 e. The van der Waals surface area contributed by atoms with Crippen LogP contribution in [0.5, 0.6) is 0 Å². The molecule has 8 heteroatoms. The van der Waals surface area contributed by atoms with Crippen molar-refractivity contribution in [1.82, 2.24) is 0 Å². The molecule has 0 bridgehead atoms. The molecule has 0 aliphatic heterocycles. The van der Waals surface area contributed by atoms with Crippen LogP contribution in [0.1, 0.15) is 5.56 Å². The average Bonchev–Trinajstić information content (AvgIpc) is 2.61. The number of para-hydroxylation sites is 1. The van der Waals surface area contributed by atoms with E-state index in [1.807, 2.05) is 0 Å². The van der Waals surface area contributed by atoms with Crippen molar-refractivity contribution >= 4 is 27.3 Å². The number of sulfonamides is 1. The fourth-order valence-corrected chi connectivity index (χ4v) is 3.82. The van der Waals surface area contributed by atoms with E-state index < -0.39 is 26.8 Å². The highest BCUT2D eigenvalue weighted by Gasteiger charge is 2.33. The molecule has 0 atom stereocenters. The summed E-state index contributed by atoms with van der Waals surface area (Å²) >= 11 is 5.73. The third-order valence-corrected chi connectivity index (χ3v) is 5.51. The van der Waals surface area contributed by atoms with Gasteiger partial charge in [0, 0.05) is 5.69 Å². The lowest BCUT2D eigenvalue weighted by atomic mass is 10.0. The standard InChI is InChI=1S/C19H13ClF3NO2S/c20-18-12-14(8-11-17(18)19(21,22)23)13-6-9-16(10-7-13)27(25,26)24-15-4-2-1-3-5-15/h1-12,24H. The van der Waals surface area contributed by atoms with Gasteiger partial charge in [0.2, 0.25) is 0 Å². The second-order valence-electron chi connectivity index (χ2n) is 5.69. The predicted molar refractivity (Wildman–Crippen MR) is 99.1 cm³/mol. The fourth-order valence-electron chi connectivity index (χ4n) is 2.47. The van der Waals surface area contributed by atoms with Crippen LogP contribution in [-0.2, 0) is 16.2 Å². The molecule has 0 heterocycles. The Hall–Kier alpha value is -2.51. The number of anilines is 1. The van der Waals surface area contributed by atoms with Gasteiger partial charge in [0.1, 0.15) is 0 Å². The molecule has 3 aromatic carbocycles. The molecule has 0 fully saturated rings. The Balaban J connectivity index is 1.86.